The second-order valence-electron chi connectivity index (χ2n) is 4.88. The molecule has 3 rings (SSSR count). The van der Waals surface area contributed by atoms with E-state index < -0.39 is 0 Å². The van der Waals surface area contributed by atoms with Gasteiger partial charge in [0.2, 0.25) is 0 Å². The SMILES string of the molecule is Cc1cccc2nc(CCNC(=O)c3cccnc3)cn12. The van der Waals surface area contributed by atoms with Crippen LogP contribution < -0.4 is 5.32 Å². The van der Waals surface area contributed by atoms with E-state index >= 15 is 0 Å². The number of aryl methyl sites for hydroxylation is 1. The van der Waals surface area contributed by atoms with Crippen molar-refractivity contribution in [3.63, 3.8) is 0 Å². The van der Waals surface area contributed by atoms with Gasteiger partial charge in [-0.1, -0.05) is 6.07 Å². The van der Waals surface area contributed by atoms with Crippen LogP contribution in [0.3, 0.4) is 0 Å². The van der Waals surface area contributed by atoms with Crippen molar-refractivity contribution in [2.45, 2.75) is 13.3 Å². The van der Waals surface area contributed by atoms with Crippen LogP contribution in [0.4, 0.5) is 0 Å². The van der Waals surface area contributed by atoms with E-state index in [4.69, 9.17) is 0 Å². The average molecular weight is 280 g/mol. The Labute approximate surface area is 122 Å². The number of imidazole rings is 1. The molecule has 5 heteroatoms. The van der Waals surface area contributed by atoms with Gasteiger partial charge in [0.05, 0.1) is 11.3 Å². The number of nitrogens with zero attached hydrogens (tertiary/aromatic N) is 3. The van der Waals surface area contributed by atoms with E-state index in [0.717, 1.165) is 17.0 Å². The summed E-state index contributed by atoms with van der Waals surface area (Å²) in [5.41, 5.74) is 3.62. The summed E-state index contributed by atoms with van der Waals surface area (Å²) in [6.45, 7) is 2.60. The molecule has 0 fully saturated rings. The third-order valence-corrected chi connectivity index (χ3v) is 3.34. The number of hydrogen-bond acceptors (Lipinski definition) is 3. The van der Waals surface area contributed by atoms with Gasteiger partial charge in [0.1, 0.15) is 5.65 Å². The molecule has 0 saturated heterocycles. The van der Waals surface area contributed by atoms with E-state index in [-0.39, 0.29) is 5.91 Å². The number of pyridine rings is 2. The van der Waals surface area contributed by atoms with E-state index in [1.807, 2.05) is 31.3 Å². The van der Waals surface area contributed by atoms with Crippen LogP contribution in [-0.4, -0.2) is 26.8 Å². The van der Waals surface area contributed by atoms with Crippen LogP contribution in [0.1, 0.15) is 21.7 Å². The largest absolute Gasteiger partial charge is 0.352 e. The summed E-state index contributed by atoms with van der Waals surface area (Å²) in [7, 11) is 0. The van der Waals surface area contributed by atoms with Crippen LogP contribution in [0.25, 0.3) is 5.65 Å². The number of nitrogens with one attached hydrogen (secondary N) is 1. The van der Waals surface area contributed by atoms with Crippen molar-refractivity contribution in [1.29, 1.82) is 0 Å². The normalized spacial score (nSPS) is 10.7. The number of aromatic nitrogens is 3. The molecule has 0 aliphatic rings. The van der Waals surface area contributed by atoms with Crippen molar-refractivity contribution >= 4 is 11.6 Å². The summed E-state index contributed by atoms with van der Waals surface area (Å²) in [5.74, 6) is -0.108. The molecule has 5 nitrogen and oxygen atoms in total. The van der Waals surface area contributed by atoms with Crippen molar-refractivity contribution in [1.82, 2.24) is 19.7 Å². The van der Waals surface area contributed by atoms with Gasteiger partial charge >= 0.3 is 0 Å². The number of carbonyl (C=O) groups excluding carboxylic acids is 1. The number of carbonyl (C=O) groups is 1. The molecule has 3 aromatic rings. The molecule has 0 spiro atoms. The van der Waals surface area contributed by atoms with Gasteiger partial charge in [-0.3, -0.25) is 9.78 Å². The molecule has 106 valence electrons. The fourth-order valence-corrected chi connectivity index (χ4v) is 2.22. The summed E-state index contributed by atoms with van der Waals surface area (Å²) < 4.78 is 2.05. The standard InChI is InChI=1S/C16H16N4O/c1-12-4-2-6-15-19-14(11-20(12)15)7-9-18-16(21)13-5-3-8-17-10-13/h2-6,8,10-11H,7,9H2,1H3,(H,18,21). The number of fused-ring (bicyclic) bond motifs is 1. The molecular weight excluding hydrogens is 264 g/mol. The van der Waals surface area contributed by atoms with Crippen LogP contribution in [-0.2, 0) is 6.42 Å². The van der Waals surface area contributed by atoms with Crippen molar-refractivity contribution in [2.75, 3.05) is 6.54 Å². The van der Waals surface area contributed by atoms with Crippen LogP contribution in [0.15, 0.2) is 48.9 Å². The maximum Gasteiger partial charge on any atom is 0.252 e. The van der Waals surface area contributed by atoms with E-state index in [1.165, 1.54) is 0 Å². The molecule has 0 aliphatic carbocycles. The zero-order valence-corrected chi connectivity index (χ0v) is 11.8. The maximum atomic E-state index is 11.9. The summed E-state index contributed by atoms with van der Waals surface area (Å²) in [6.07, 6.45) is 5.92. The van der Waals surface area contributed by atoms with Crippen LogP contribution in [0.5, 0.6) is 0 Å². The van der Waals surface area contributed by atoms with E-state index in [1.54, 1.807) is 24.5 Å². The molecule has 0 atom stereocenters. The Bertz CT molecular complexity index is 764. The Balaban J connectivity index is 1.62. The quantitative estimate of drug-likeness (QED) is 0.795. The molecule has 3 aromatic heterocycles. The van der Waals surface area contributed by atoms with Crippen LogP contribution >= 0.6 is 0 Å². The number of hydrogen-bond donors (Lipinski definition) is 1. The number of amides is 1. The van der Waals surface area contributed by atoms with Gasteiger partial charge in [-0.25, -0.2) is 4.98 Å². The predicted molar refractivity (Wildman–Crippen MR) is 80.2 cm³/mol. The highest BCUT2D eigenvalue weighted by atomic mass is 16.1. The molecule has 0 radical (unpaired) electrons. The van der Waals surface area contributed by atoms with Gasteiger partial charge in [0.25, 0.3) is 5.91 Å². The molecule has 3 heterocycles. The van der Waals surface area contributed by atoms with E-state index in [9.17, 15) is 4.79 Å². The lowest BCUT2D eigenvalue weighted by Crippen LogP contribution is -2.25. The summed E-state index contributed by atoms with van der Waals surface area (Å²) in [5, 5.41) is 2.88. The second kappa shape index (κ2) is 5.75. The minimum absolute atomic E-state index is 0.108. The van der Waals surface area contributed by atoms with Gasteiger partial charge in [0.15, 0.2) is 0 Å². The highest BCUT2D eigenvalue weighted by Crippen LogP contribution is 2.08. The van der Waals surface area contributed by atoms with Gasteiger partial charge in [-0.15, -0.1) is 0 Å². The van der Waals surface area contributed by atoms with Crippen LogP contribution in [0.2, 0.25) is 0 Å². The van der Waals surface area contributed by atoms with Crippen molar-refractivity contribution in [2.24, 2.45) is 0 Å². The molecule has 0 saturated carbocycles. The Morgan fingerprint density at radius 2 is 2.19 bits per heavy atom. The van der Waals surface area contributed by atoms with E-state index in [2.05, 4.69) is 19.7 Å². The summed E-state index contributed by atoms with van der Waals surface area (Å²) >= 11 is 0. The van der Waals surface area contributed by atoms with Gasteiger partial charge in [-0.05, 0) is 31.2 Å². The highest BCUT2D eigenvalue weighted by molar-refractivity contribution is 5.93. The predicted octanol–water partition coefficient (Wildman–Crippen LogP) is 2.01. The smallest absolute Gasteiger partial charge is 0.252 e. The van der Waals surface area contributed by atoms with Gasteiger partial charge in [0, 0.05) is 37.3 Å². The first-order chi connectivity index (χ1) is 10.2. The molecule has 1 amide bonds. The fraction of sp³-hybridized carbons (Fsp3) is 0.188. The molecule has 0 bridgehead atoms. The fourth-order valence-electron chi connectivity index (χ4n) is 2.22. The highest BCUT2D eigenvalue weighted by Gasteiger charge is 2.06. The zero-order chi connectivity index (χ0) is 14.7. The van der Waals surface area contributed by atoms with Crippen molar-refractivity contribution in [3.05, 3.63) is 65.9 Å². The average Bonchev–Trinajstić information content (AvgIpc) is 2.92. The summed E-state index contributed by atoms with van der Waals surface area (Å²) in [6, 6.07) is 9.51. The monoisotopic (exact) mass is 280 g/mol. The summed E-state index contributed by atoms with van der Waals surface area (Å²) in [4.78, 5) is 20.4. The van der Waals surface area contributed by atoms with E-state index in [0.29, 0.717) is 18.5 Å². The lowest BCUT2D eigenvalue weighted by atomic mass is 10.2. The minimum atomic E-state index is -0.108. The Hall–Kier alpha value is -2.69. The second-order valence-corrected chi connectivity index (χ2v) is 4.88. The number of rotatable bonds is 4. The topological polar surface area (TPSA) is 59.3 Å². The Kier molecular flexibility index (Phi) is 3.64. The first-order valence-corrected chi connectivity index (χ1v) is 6.86. The minimum Gasteiger partial charge on any atom is -0.352 e. The molecule has 21 heavy (non-hydrogen) atoms. The molecule has 0 aliphatic heterocycles. The van der Waals surface area contributed by atoms with Gasteiger partial charge < -0.3 is 9.72 Å². The van der Waals surface area contributed by atoms with Gasteiger partial charge in [-0.2, -0.15) is 0 Å². The molecule has 1 N–H and O–H groups in total. The van der Waals surface area contributed by atoms with Crippen molar-refractivity contribution < 1.29 is 4.79 Å². The molecule has 0 aromatic carbocycles. The lowest BCUT2D eigenvalue weighted by Gasteiger charge is -2.03. The lowest BCUT2D eigenvalue weighted by molar-refractivity contribution is 0.0953. The first kappa shape index (κ1) is 13.3. The van der Waals surface area contributed by atoms with Crippen LogP contribution in [0, 0.1) is 6.92 Å². The third-order valence-electron chi connectivity index (χ3n) is 3.34. The molecule has 0 unspecified atom stereocenters. The zero-order valence-electron chi connectivity index (χ0n) is 11.8. The first-order valence-electron chi connectivity index (χ1n) is 6.86. The van der Waals surface area contributed by atoms with Crippen molar-refractivity contribution in [3.8, 4) is 0 Å². The Morgan fingerprint density at radius 1 is 1.29 bits per heavy atom. The third kappa shape index (κ3) is 2.91. The maximum absolute atomic E-state index is 11.9. The Morgan fingerprint density at radius 3 is 2.95 bits per heavy atom. The molecular formula is C16H16N4O.